The summed E-state index contributed by atoms with van der Waals surface area (Å²) in [6.07, 6.45) is 4.66. The van der Waals surface area contributed by atoms with E-state index in [1.165, 1.54) is 11.6 Å². The summed E-state index contributed by atoms with van der Waals surface area (Å²) in [4.78, 5) is 35.2. The molecule has 0 radical (unpaired) electrons. The predicted molar refractivity (Wildman–Crippen MR) is 247 cm³/mol. The van der Waals surface area contributed by atoms with E-state index in [0.29, 0.717) is 58.3 Å². The first-order chi connectivity index (χ1) is 29.9. The van der Waals surface area contributed by atoms with Crippen LogP contribution in [0.1, 0.15) is 106 Å². The molecule has 0 N–H and O–H groups in total. The molecule has 1 unspecified atom stereocenters. The molecular weight excluding hydrogens is 815 g/mol. The Morgan fingerprint density at radius 1 is 1.00 bits per heavy atom. The van der Waals surface area contributed by atoms with E-state index in [-0.39, 0.29) is 65.0 Å². The van der Waals surface area contributed by atoms with Crippen molar-refractivity contribution in [1.82, 2.24) is 24.8 Å². The fourth-order valence-corrected chi connectivity index (χ4v) is 17.3. The Balaban J connectivity index is 1.22. The van der Waals surface area contributed by atoms with Gasteiger partial charge in [0, 0.05) is 30.5 Å². The van der Waals surface area contributed by atoms with E-state index in [1.54, 1.807) is 12.1 Å². The molecule has 2 aromatic heterocycles. The monoisotopic (exact) mass is 876 g/mol. The van der Waals surface area contributed by atoms with Crippen molar-refractivity contribution in [3.63, 3.8) is 0 Å². The molecule has 9 rings (SSSR count). The maximum absolute atomic E-state index is 18.0. The zero-order valence-electron chi connectivity index (χ0n) is 38.4. The molecule has 5 aliphatic heterocycles. The largest absolute Gasteiger partial charge is 0.477 e. The highest BCUT2D eigenvalue weighted by Gasteiger charge is 2.52. The summed E-state index contributed by atoms with van der Waals surface area (Å²) in [7, 11) is -2.28. The Morgan fingerprint density at radius 2 is 1.76 bits per heavy atom. The highest BCUT2D eigenvalue weighted by Crippen LogP contribution is 2.47. The van der Waals surface area contributed by atoms with Crippen molar-refractivity contribution in [2.45, 2.75) is 147 Å². The van der Waals surface area contributed by atoms with Crippen LogP contribution in [0.4, 0.5) is 19.4 Å². The number of carbonyl (C=O) groups excluding carboxylic acids is 1. The van der Waals surface area contributed by atoms with Crippen molar-refractivity contribution in [3.8, 4) is 34.6 Å². The van der Waals surface area contributed by atoms with Gasteiger partial charge >= 0.3 is 12.1 Å². The third-order valence-electron chi connectivity index (χ3n) is 14.8. The first-order valence-electron chi connectivity index (χ1n) is 23.0. The van der Waals surface area contributed by atoms with E-state index in [0.717, 1.165) is 50.6 Å². The number of halogens is 2. The standard InChI is InChI=1S/C50H62F2N6O4Si/c1-29(2)63(30(3)4,31(5)6)24-20-35-37(51)17-15-33-13-11-14-36(40(33)35)43-42(52)44-41-45(55-47(54-44)61-28-50-21-12-22-56(50)26-32(7)25-50)57-27-34-16-18-39(38(57)19-23-60-46(41)53-43)58(34)48(59)62-49(8,9)10/h11,13-15,17,29-31,34,38-39H,7,12,16,18-19,21-23,25-28H2,1-6,8-10H3/t34-,38-,39+,50?/m1/s1. The van der Waals surface area contributed by atoms with Gasteiger partial charge in [0.2, 0.25) is 5.88 Å². The average Bonchev–Trinajstić information content (AvgIpc) is 3.86. The summed E-state index contributed by atoms with van der Waals surface area (Å²) in [5.41, 5.74) is 5.67. The number of ether oxygens (including phenoxy) is 3. The van der Waals surface area contributed by atoms with E-state index in [9.17, 15) is 4.79 Å². The molecule has 2 bridgehead atoms. The van der Waals surface area contributed by atoms with Gasteiger partial charge in [-0.2, -0.15) is 9.97 Å². The number of benzene rings is 2. The number of anilines is 1. The number of piperazine rings is 1. The van der Waals surface area contributed by atoms with Crippen molar-refractivity contribution in [1.29, 1.82) is 0 Å². The van der Waals surface area contributed by atoms with Crippen LogP contribution in [0.3, 0.4) is 0 Å². The number of rotatable bonds is 7. The summed E-state index contributed by atoms with van der Waals surface area (Å²) >= 11 is 0. The molecule has 0 saturated carbocycles. The predicted octanol–water partition coefficient (Wildman–Crippen LogP) is 10.6. The quantitative estimate of drug-likeness (QED) is 0.102. The molecule has 5 aliphatic rings. The summed E-state index contributed by atoms with van der Waals surface area (Å²) < 4.78 is 53.4. The van der Waals surface area contributed by atoms with E-state index in [4.69, 9.17) is 29.2 Å². The normalized spacial score (nSPS) is 23.5. The highest BCUT2D eigenvalue weighted by molar-refractivity contribution is 6.90. The van der Waals surface area contributed by atoms with Crippen LogP contribution in [0.15, 0.2) is 42.5 Å². The number of aromatic nitrogens is 3. The fraction of sp³-hybridized carbons (Fsp3) is 0.560. The molecule has 4 saturated heterocycles. The molecule has 2 aromatic carbocycles. The Bertz CT molecular complexity index is 2540. The Labute approximate surface area is 371 Å². The van der Waals surface area contributed by atoms with E-state index < -0.39 is 25.3 Å². The molecule has 10 nitrogen and oxygen atoms in total. The van der Waals surface area contributed by atoms with E-state index >= 15 is 8.78 Å². The minimum absolute atomic E-state index is 0.00738. The number of pyridine rings is 1. The van der Waals surface area contributed by atoms with Gasteiger partial charge in [0.1, 0.15) is 48.5 Å². The zero-order valence-corrected chi connectivity index (χ0v) is 39.4. The number of nitrogens with zero attached hydrogens (tertiary/aromatic N) is 6. The van der Waals surface area contributed by atoms with Gasteiger partial charge in [-0.1, -0.05) is 83.9 Å². The smallest absolute Gasteiger partial charge is 0.410 e. The number of amides is 1. The molecular formula is C50H62F2N6O4Si. The molecule has 0 aliphatic carbocycles. The van der Waals surface area contributed by atoms with Gasteiger partial charge in [0.25, 0.3) is 0 Å². The second kappa shape index (κ2) is 16.0. The van der Waals surface area contributed by atoms with Crippen molar-refractivity contribution in [2.75, 3.05) is 37.7 Å². The molecule has 4 atom stereocenters. The van der Waals surface area contributed by atoms with Crippen LogP contribution in [0.2, 0.25) is 16.6 Å². The van der Waals surface area contributed by atoms with Gasteiger partial charge in [-0.05, 0) is 87.5 Å². The van der Waals surface area contributed by atoms with Crippen LogP contribution in [-0.2, 0) is 4.74 Å². The second-order valence-corrected chi connectivity index (χ2v) is 26.2. The lowest BCUT2D eigenvalue weighted by Gasteiger charge is -2.48. The lowest BCUT2D eigenvalue weighted by atomic mass is 9.94. The van der Waals surface area contributed by atoms with Crippen LogP contribution < -0.4 is 14.4 Å². The van der Waals surface area contributed by atoms with Gasteiger partial charge in [-0.3, -0.25) is 9.80 Å². The molecule has 4 fully saturated rings. The van der Waals surface area contributed by atoms with Gasteiger partial charge in [-0.15, -0.1) is 5.54 Å². The Kier molecular flexibility index (Phi) is 11.0. The number of fused-ring (bicyclic) bond motifs is 7. The van der Waals surface area contributed by atoms with Crippen molar-refractivity contribution in [2.24, 2.45) is 0 Å². The lowest BCUT2D eigenvalue weighted by molar-refractivity contribution is 0.00635. The number of hydrogen-bond acceptors (Lipinski definition) is 9. The first kappa shape index (κ1) is 43.4. The summed E-state index contributed by atoms with van der Waals surface area (Å²) in [5, 5.41) is 1.57. The lowest BCUT2D eigenvalue weighted by Crippen LogP contribution is -2.62. The number of hydrogen-bond donors (Lipinski definition) is 0. The van der Waals surface area contributed by atoms with Crippen LogP contribution in [0, 0.1) is 23.1 Å². The second-order valence-electron chi connectivity index (χ2n) is 20.6. The minimum atomic E-state index is -2.28. The minimum Gasteiger partial charge on any atom is -0.477 e. The maximum atomic E-state index is 18.0. The number of carbonyl (C=O) groups is 1. The molecule has 4 aromatic rings. The zero-order chi connectivity index (χ0) is 44.7. The van der Waals surface area contributed by atoms with Crippen molar-refractivity contribution in [3.05, 3.63) is 59.7 Å². The third kappa shape index (κ3) is 7.33. The van der Waals surface area contributed by atoms with Crippen molar-refractivity contribution < 1.29 is 27.8 Å². The van der Waals surface area contributed by atoms with Crippen LogP contribution in [-0.4, -0.2) is 101 Å². The van der Waals surface area contributed by atoms with Crippen molar-refractivity contribution >= 4 is 41.7 Å². The van der Waals surface area contributed by atoms with Gasteiger partial charge in [0.15, 0.2) is 5.82 Å². The summed E-state index contributed by atoms with van der Waals surface area (Å²) in [6, 6.07) is 8.24. The molecule has 13 heteroatoms. The average molecular weight is 877 g/mol. The van der Waals surface area contributed by atoms with Gasteiger partial charge in [0.05, 0.1) is 35.8 Å². The highest BCUT2D eigenvalue weighted by atomic mass is 28.3. The Morgan fingerprint density at radius 3 is 2.49 bits per heavy atom. The summed E-state index contributed by atoms with van der Waals surface area (Å²) in [5.74, 6) is 2.90. The van der Waals surface area contributed by atoms with Gasteiger partial charge < -0.3 is 19.1 Å². The molecule has 63 heavy (non-hydrogen) atoms. The molecule has 0 spiro atoms. The maximum Gasteiger partial charge on any atom is 0.410 e. The van der Waals surface area contributed by atoms with Crippen LogP contribution in [0.5, 0.6) is 11.9 Å². The van der Waals surface area contributed by atoms with Crippen LogP contribution in [0.25, 0.3) is 32.9 Å². The fourth-order valence-electron chi connectivity index (χ4n) is 12.1. The van der Waals surface area contributed by atoms with E-state index in [1.807, 2.05) is 37.8 Å². The topological polar surface area (TPSA) is 93.2 Å². The first-order valence-corrected chi connectivity index (χ1v) is 25.3. The molecule has 334 valence electrons. The molecule has 1 amide bonds. The van der Waals surface area contributed by atoms with E-state index in [2.05, 4.69) is 69.4 Å². The third-order valence-corrected chi connectivity index (χ3v) is 21.1. The van der Waals surface area contributed by atoms with Gasteiger partial charge in [-0.25, -0.2) is 18.6 Å². The van der Waals surface area contributed by atoms with Crippen LogP contribution >= 0.6 is 0 Å². The Hall–Kier alpha value is -4.80. The molecule has 7 heterocycles. The summed E-state index contributed by atoms with van der Waals surface area (Å²) in [6.45, 7) is 26.2. The SMILES string of the molecule is C=C1CN2CCCC2(COc2nc3c4c(nc(-c5cccc6ccc(F)c(C#C[Si](C(C)C)(C(C)C)C(C)C)c56)c(F)c4n2)OCC[C@@H]2[C@@H]4CC[C@H](CN32)N4C(=O)OC(C)(C)C)C1.